The van der Waals surface area contributed by atoms with Crippen LogP contribution in [0.25, 0.3) is 43.4 Å². The highest BCUT2D eigenvalue weighted by molar-refractivity contribution is 9.10. The van der Waals surface area contributed by atoms with Gasteiger partial charge in [0.15, 0.2) is 0 Å². The molecular formula is C30H18Br2N2S4. The third-order valence-corrected chi connectivity index (χ3v) is 11.4. The first kappa shape index (κ1) is 26.0. The molecule has 186 valence electrons. The summed E-state index contributed by atoms with van der Waals surface area (Å²) < 4.78 is 12.0. The number of halogens is 2. The quantitative estimate of drug-likeness (QED) is 0.155. The van der Waals surface area contributed by atoms with Crippen LogP contribution >= 0.6 is 76.5 Å². The normalized spacial score (nSPS) is 11.1. The average Bonchev–Trinajstić information content (AvgIpc) is 3.58. The number of rotatable bonds is 7. The molecule has 0 aliphatic rings. The zero-order valence-corrected chi connectivity index (χ0v) is 26.1. The van der Waals surface area contributed by atoms with Gasteiger partial charge in [0.05, 0.1) is 30.9 Å². The molecule has 2 aromatic heterocycles. The molecule has 0 fully saturated rings. The zero-order valence-electron chi connectivity index (χ0n) is 19.7. The van der Waals surface area contributed by atoms with Crippen molar-refractivity contribution >= 4 is 76.5 Å². The minimum atomic E-state index is 1.01. The molecule has 0 amide bonds. The highest BCUT2D eigenvalue weighted by Crippen LogP contribution is 2.53. The van der Waals surface area contributed by atoms with Crippen molar-refractivity contribution in [2.24, 2.45) is 0 Å². The molecule has 6 aromatic rings. The Labute approximate surface area is 254 Å². The Bertz CT molecular complexity index is 1540. The van der Waals surface area contributed by atoms with Gasteiger partial charge in [-0.05, 0) is 80.0 Å². The zero-order chi connectivity index (χ0) is 25.9. The summed E-state index contributed by atoms with van der Waals surface area (Å²) in [6, 6.07) is 37.8. The lowest BCUT2D eigenvalue weighted by Gasteiger charge is -2.09. The highest BCUT2D eigenvalue weighted by Gasteiger charge is 2.22. The van der Waals surface area contributed by atoms with Gasteiger partial charge in [-0.25, -0.2) is 0 Å². The molecule has 0 atom stereocenters. The topological polar surface area (TPSA) is 25.8 Å². The third kappa shape index (κ3) is 5.57. The molecule has 0 aliphatic heterocycles. The summed E-state index contributed by atoms with van der Waals surface area (Å²) >= 11 is 10.2. The van der Waals surface area contributed by atoms with Crippen LogP contribution in [-0.4, -0.2) is 8.75 Å². The van der Waals surface area contributed by atoms with Crippen LogP contribution in [0.3, 0.4) is 0 Å². The summed E-state index contributed by atoms with van der Waals surface area (Å²) in [7, 11) is 3.53. The van der Waals surface area contributed by atoms with Gasteiger partial charge < -0.3 is 0 Å². The van der Waals surface area contributed by atoms with E-state index in [-0.39, 0.29) is 0 Å². The van der Waals surface area contributed by atoms with Crippen LogP contribution in [0.5, 0.6) is 0 Å². The van der Waals surface area contributed by atoms with Crippen molar-refractivity contribution < 1.29 is 0 Å². The maximum absolute atomic E-state index is 4.94. The fraction of sp³-hybridized carbons (Fsp3) is 0. The molecule has 0 saturated carbocycles. The lowest BCUT2D eigenvalue weighted by atomic mass is 10.1. The molecule has 0 N–H and O–H groups in total. The summed E-state index contributed by atoms with van der Waals surface area (Å²) in [5, 5.41) is 0. The van der Waals surface area contributed by atoms with Crippen LogP contribution in [0.1, 0.15) is 0 Å². The van der Waals surface area contributed by atoms with E-state index in [1.165, 1.54) is 30.7 Å². The Morgan fingerprint density at radius 2 is 0.816 bits per heavy atom. The van der Waals surface area contributed by atoms with Crippen molar-refractivity contribution in [2.45, 2.75) is 9.79 Å². The van der Waals surface area contributed by atoms with Crippen molar-refractivity contribution in [1.29, 1.82) is 0 Å². The second-order valence-electron chi connectivity index (χ2n) is 8.29. The van der Waals surface area contributed by atoms with E-state index in [1.807, 2.05) is 0 Å². The molecule has 6 rings (SSSR count). The van der Waals surface area contributed by atoms with E-state index in [0.29, 0.717) is 0 Å². The SMILES string of the molecule is Brc1ccc(-c2nsc(-c3ccccc3)c2SSc2c(-c3ccc(Br)cc3)nsc2-c2ccccc2)cc1. The van der Waals surface area contributed by atoms with Crippen molar-refractivity contribution in [3.05, 3.63) is 118 Å². The van der Waals surface area contributed by atoms with Crippen molar-refractivity contribution in [3.8, 4) is 43.4 Å². The molecule has 8 heteroatoms. The molecule has 4 aromatic carbocycles. The van der Waals surface area contributed by atoms with E-state index in [0.717, 1.165) is 31.5 Å². The number of aromatic nitrogens is 2. The van der Waals surface area contributed by atoms with Crippen molar-refractivity contribution in [3.63, 3.8) is 0 Å². The summed E-state index contributed by atoms with van der Waals surface area (Å²) in [6.07, 6.45) is 0. The molecule has 0 unspecified atom stereocenters. The largest absolute Gasteiger partial charge is 0.191 e. The molecule has 2 nitrogen and oxygen atoms in total. The number of nitrogens with zero attached hydrogens (tertiary/aromatic N) is 2. The Hall–Kier alpha value is -2.20. The molecule has 2 heterocycles. The van der Waals surface area contributed by atoms with Crippen LogP contribution in [-0.2, 0) is 0 Å². The molecule has 0 spiro atoms. The summed E-state index contributed by atoms with van der Waals surface area (Å²) in [5.41, 5.74) is 6.58. The van der Waals surface area contributed by atoms with Crippen LogP contribution in [0.4, 0.5) is 0 Å². The lowest BCUT2D eigenvalue weighted by Crippen LogP contribution is -1.83. The number of hydrogen-bond donors (Lipinski definition) is 0. The Morgan fingerprint density at radius 3 is 1.18 bits per heavy atom. The number of hydrogen-bond acceptors (Lipinski definition) is 6. The van der Waals surface area contributed by atoms with Crippen LogP contribution < -0.4 is 0 Å². The minimum Gasteiger partial charge on any atom is -0.191 e. The first-order chi connectivity index (χ1) is 18.7. The molecule has 0 bridgehead atoms. The van der Waals surface area contributed by atoms with Gasteiger partial charge in [-0.2, -0.15) is 8.75 Å². The van der Waals surface area contributed by atoms with E-state index in [1.54, 1.807) is 44.7 Å². The van der Waals surface area contributed by atoms with Crippen LogP contribution in [0.15, 0.2) is 128 Å². The van der Waals surface area contributed by atoms with Crippen molar-refractivity contribution in [2.75, 3.05) is 0 Å². The second-order valence-corrected chi connectivity index (χ2v) is 13.8. The van der Waals surface area contributed by atoms with Crippen molar-refractivity contribution in [1.82, 2.24) is 8.75 Å². The van der Waals surface area contributed by atoms with Crippen LogP contribution in [0, 0.1) is 0 Å². The average molecular weight is 695 g/mol. The van der Waals surface area contributed by atoms with Gasteiger partial charge in [-0.3, -0.25) is 0 Å². The summed E-state index contributed by atoms with van der Waals surface area (Å²) in [5.74, 6) is 0. The molecular weight excluding hydrogens is 676 g/mol. The molecule has 38 heavy (non-hydrogen) atoms. The Morgan fingerprint density at radius 1 is 0.447 bits per heavy atom. The maximum atomic E-state index is 4.94. The fourth-order valence-corrected chi connectivity index (χ4v) is 9.48. The van der Waals surface area contributed by atoms with Crippen LogP contribution in [0.2, 0.25) is 0 Å². The van der Waals surface area contributed by atoms with E-state index >= 15 is 0 Å². The van der Waals surface area contributed by atoms with Gasteiger partial charge in [0.2, 0.25) is 0 Å². The minimum absolute atomic E-state index is 1.01. The smallest absolute Gasteiger partial charge is 0.0991 e. The Kier molecular flexibility index (Phi) is 8.16. The molecule has 0 aliphatic carbocycles. The first-order valence-corrected chi connectivity index (χ1v) is 16.9. The monoisotopic (exact) mass is 692 g/mol. The third-order valence-electron chi connectivity index (χ3n) is 5.81. The van der Waals surface area contributed by atoms with Gasteiger partial charge in [-0.1, -0.05) is 117 Å². The number of benzene rings is 4. The molecule has 0 saturated heterocycles. The van der Waals surface area contributed by atoms with Gasteiger partial charge in [0.1, 0.15) is 0 Å². The summed E-state index contributed by atoms with van der Waals surface area (Å²) in [6.45, 7) is 0. The van der Waals surface area contributed by atoms with E-state index in [9.17, 15) is 0 Å². The predicted molar refractivity (Wildman–Crippen MR) is 173 cm³/mol. The van der Waals surface area contributed by atoms with E-state index < -0.39 is 0 Å². The maximum Gasteiger partial charge on any atom is 0.0991 e. The van der Waals surface area contributed by atoms with Gasteiger partial charge in [0, 0.05) is 20.1 Å². The van der Waals surface area contributed by atoms with Gasteiger partial charge in [0.25, 0.3) is 0 Å². The Balaban J connectivity index is 1.44. The first-order valence-electron chi connectivity index (χ1n) is 11.6. The van der Waals surface area contributed by atoms with E-state index in [4.69, 9.17) is 8.75 Å². The summed E-state index contributed by atoms with van der Waals surface area (Å²) in [4.78, 5) is 4.69. The fourth-order valence-electron chi connectivity index (χ4n) is 3.93. The second kappa shape index (κ2) is 11.9. The van der Waals surface area contributed by atoms with Gasteiger partial charge in [-0.15, -0.1) is 0 Å². The predicted octanol–water partition coefficient (Wildman–Crippen LogP) is 11.6. The molecule has 0 radical (unpaired) electrons. The van der Waals surface area contributed by atoms with E-state index in [2.05, 4.69) is 141 Å². The highest BCUT2D eigenvalue weighted by atomic mass is 79.9. The lowest BCUT2D eigenvalue weighted by molar-refractivity contribution is 1.41. The standard InChI is InChI=1S/C30H18Br2N2S4/c31-23-15-11-19(12-16-23)25-29(27(35-33-25)21-7-3-1-4-8-21)37-38-30-26(20-13-17-24(32)18-14-20)34-36-28(30)22-9-5-2-6-10-22/h1-18H. The van der Waals surface area contributed by atoms with Gasteiger partial charge >= 0.3 is 0 Å².